The molecule has 0 spiro atoms. The molecule has 0 radical (unpaired) electrons. The van der Waals surface area contributed by atoms with Gasteiger partial charge in [0.2, 0.25) is 0 Å². The molecular weight excluding hydrogens is 220 g/mol. The monoisotopic (exact) mass is 230 g/mol. The first kappa shape index (κ1) is 11.0. The van der Waals surface area contributed by atoms with Crippen molar-refractivity contribution in [2.24, 2.45) is 0 Å². The third kappa shape index (κ3) is 1.81. The fraction of sp³-hybridized carbons (Fsp3) is 0. The number of H-pyrrole nitrogens is 1. The van der Waals surface area contributed by atoms with Gasteiger partial charge in [0.05, 0.1) is 12.0 Å². The van der Waals surface area contributed by atoms with Crippen molar-refractivity contribution in [2.75, 3.05) is 0 Å². The molecular formula is C11H10N4O2. The zero-order valence-electron chi connectivity index (χ0n) is 8.79. The summed E-state index contributed by atoms with van der Waals surface area (Å²) < 4.78 is 1.25. The van der Waals surface area contributed by atoms with Crippen LogP contribution in [-0.4, -0.2) is 25.1 Å². The van der Waals surface area contributed by atoms with Gasteiger partial charge in [-0.3, -0.25) is 4.98 Å². The highest BCUT2D eigenvalue weighted by Gasteiger charge is 2.05. The van der Waals surface area contributed by atoms with E-state index in [2.05, 4.69) is 15.1 Å². The average molecular weight is 230 g/mol. The molecule has 0 aliphatic rings. The summed E-state index contributed by atoms with van der Waals surface area (Å²) in [5.41, 5.74) is 1.96. The molecule has 17 heavy (non-hydrogen) atoms. The van der Waals surface area contributed by atoms with Crippen LogP contribution in [0.1, 0.15) is 0 Å². The van der Waals surface area contributed by atoms with Gasteiger partial charge in [0, 0.05) is 11.6 Å². The van der Waals surface area contributed by atoms with E-state index in [9.17, 15) is 4.79 Å². The van der Waals surface area contributed by atoms with Crippen LogP contribution < -0.4 is 5.69 Å². The molecule has 0 atom stereocenters. The van der Waals surface area contributed by atoms with Crippen molar-refractivity contribution in [1.82, 2.24) is 19.6 Å². The van der Waals surface area contributed by atoms with E-state index in [4.69, 9.17) is 0 Å². The highest BCUT2D eigenvalue weighted by Crippen LogP contribution is 2.16. The second-order valence-corrected chi connectivity index (χ2v) is 3.37. The normalized spacial score (nSPS) is 10.1. The van der Waals surface area contributed by atoms with Crippen molar-refractivity contribution in [1.29, 1.82) is 0 Å². The zero-order valence-corrected chi connectivity index (χ0v) is 8.79. The summed E-state index contributed by atoms with van der Waals surface area (Å²) in [6.45, 7) is 0. The van der Waals surface area contributed by atoms with Gasteiger partial charge in [0.15, 0.2) is 5.65 Å². The molecule has 0 aliphatic heterocycles. The molecule has 0 amide bonds. The van der Waals surface area contributed by atoms with Crippen molar-refractivity contribution in [3.8, 4) is 11.3 Å². The standard InChI is InChI=1S/C11H8N4O.H2O/c16-11-13-7-12-10-6-9(14-15(10)11)8-4-2-1-3-5-8;/h1-7H,(H,12,13,16);1H2. The van der Waals surface area contributed by atoms with Crippen LogP contribution in [0.25, 0.3) is 16.9 Å². The molecule has 0 saturated carbocycles. The molecule has 0 unspecified atom stereocenters. The van der Waals surface area contributed by atoms with E-state index in [1.807, 2.05) is 30.3 Å². The Bertz CT molecular complexity index is 687. The summed E-state index contributed by atoms with van der Waals surface area (Å²) in [7, 11) is 0. The minimum absolute atomic E-state index is 0. The van der Waals surface area contributed by atoms with Crippen molar-refractivity contribution in [3.05, 3.63) is 53.2 Å². The van der Waals surface area contributed by atoms with Crippen molar-refractivity contribution < 1.29 is 5.48 Å². The maximum absolute atomic E-state index is 11.4. The van der Waals surface area contributed by atoms with Crippen molar-refractivity contribution >= 4 is 5.65 Å². The second-order valence-electron chi connectivity index (χ2n) is 3.37. The molecule has 0 fully saturated rings. The highest BCUT2D eigenvalue weighted by atomic mass is 16.1. The molecule has 3 aromatic rings. The van der Waals surface area contributed by atoms with E-state index in [0.29, 0.717) is 5.65 Å². The lowest BCUT2D eigenvalue weighted by atomic mass is 10.2. The first-order valence-electron chi connectivity index (χ1n) is 4.83. The highest BCUT2D eigenvalue weighted by molar-refractivity contribution is 5.63. The number of hydrogen-bond donors (Lipinski definition) is 1. The minimum Gasteiger partial charge on any atom is -0.412 e. The summed E-state index contributed by atoms with van der Waals surface area (Å²) in [4.78, 5) is 17.9. The van der Waals surface area contributed by atoms with Gasteiger partial charge >= 0.3 is 5.69 Å². The van der Waals surface area contributed by atoms with Gasteiger partial charge < -0.3 is 5.48 Å². The molecule has 0 saturated heterocycles. The van der Waals surface area contributed by atoms with Crippen LogP contribution in [0, 0.1) is 0 Å². The van der Waals surface area contributed by atoms with E-state index in [1.165, 1.54) is 10.8 Å². The molecule has 1 aromatic carbocycles. The molecule has 2 aromatic heterocycles. The lowest BCUT2D eigenvalue weighted by molar-refractivity contribution is 0.824. The van der Waals surface area contributed by atoms with Crippen LogP contribution in [0.3, 0.4) is 0 Å². The average Bonchev–Trinajstić information content (AvgIpc) is 2.76. The first-order valence-corrected chi connectivity index (χ1v) is 4.83. The van der Waals surface area contributed by atoms with Crippen LogP contribution in [0.15, 0.2) is 47.5 Å². The molecule has 3 rings (SSSR count). The molecule has 2 heterocycles. The summed E-state index contributed by atoms with van der Waals surface area (Å²) >= 11 is 0. The van der Waals surface area contributed by atoms with E-state index in [1.54, 1.807) is 6.07 Å². The number of rotatable bonds is 1. The van der Waals surface area contributed by atoms with Gasteiger partial charge in [-0.1, -0.05) is 30.3 Å². The Balaban J connectivity index is 0.00000108. The van der Waals surface area contributed by atoms with E-state index >= 15 is 0 Å². The third-order valence-electron chi connectivity index (χ3n) is 2.34. The number of benzene rings is 1. The predicted octanol–water partition coefficient (Wildman–Crippen LogP) is 0.260. The summed E-state index contributed by atoms with van der Waals surface area (Å²) in [5, 5.41) is 4.19. The molecule has 6 nitrogen and oxygen atoms in total. The Morgan fingerprint density at radius 1 is 1.18 bits per heavy atom. The molecule has 0 bridgehead atoms. The van der Waals surface area contributed by atoms with Gasteiger partial charge in [0.1, 0.15) is 0 Å². The zero-order chi connectivity index (χ0) is 11.0. The van der Waals surface area contributed by atoms with Crippen LogP contribution >= 0.6 is 0 Å². The third-order valence-corrected chi connectivity index (χ3v) is 2.34. The summed E-state index contributed by atoms with van der Waals surface area (Å²) in [5.74, 6) is 0. The second kappa shape index (κ2) is 4.18. The summed E-state index contributed by atoms with van der Waals surface area (Å²) in [6.07, 6.45) is 1.37. The number of hydrogen-bond acceptors (Lipinski definition) is 3. The Labute approximate surface area is 95.9 Å². The smallest absolute Gasteiger partial charge is 0.349 e. The topological polar surface area (TPSA) is 94.5 Å². The molecule has 0 aliphatic carbocycles. The van der Waals surface area contributed by atoms with Gasteiger partial charge in [-0.25, -0.2) is 9.78 Å². The Morgan fingerprint density at radius 3 is 2.65 bits per heavy atom. The quantitative estimate of drug-likeness (QED) is 0.649. The van der Waals surface area contributed by atoms with Crippen LogP contribution in [0.5, 0.6) is 0 Å². The fourth-order valence-electron chi connectivity index (χ4n) is 1.58. The largest absolute Gasteiger partial charge is 0.412 e. The van der Waals surface area contributed by atoms with Gasteiger partial charge in [-0.2, -0.15) is 9.61 Å². The minimum atomic E-state index is -0.285. The number of aromatic amines is 1. The van der Waals surface area contributed by atoms with Crippen LogP contribution in [-0.2, 0) is 0 Å². The Morgan fingerprint density at radius 2 is 1.94 bits per heavy atom. The number of fused-ring (bicyclic) bond motifs is 1. The van der Waals surface area contributed by atoms with Crippen molar-refractivity contribution in [3.63, 3.8) is 0 Å². The molecule has 6 heteroatoms. The van der Waals surface area contributed by atoms with Crippen LogP contribution in [0.2, 0.25) is 0 Å². The predicted molar refractivity (Wildman–Crippen MR) is 62.7 cm³/mol. The molecule has 3 N–H and O–H groups in total. The van der Waals surface area contributed by atoms with Gasteiger partial charge in [-0.05, 0) is 0 Å². The van der Waals surface area contributed by atoms with Gasteiger partial charge in [-0.15, -0.1) is 0 Å². The Kier molecular flexibility index (Phi) is 2.71. The SMILES string of the molecule is O.O=c1[nH]cnc2cc(-c3ccccc3)nn12. The van der Waals surface area contributed by atoms with Gasteiger partial charge in [0.25, 0.3) is 0 Å². The lowest BCUT2D eigenvalue weighted by Gasteiger charge is -1.92. The first-order chi connectivity index (χ1) is 7.84. The summed E-state index contributed by atoms with van der Waals surface area (Å²) in [6, 6.07) is 11.5. The van der Waals surface area contributed by atoms with Crippen LogP contribution in [0.4, 0.5) is 0 Å². The van der Waals surface area contributed by atoms with E-state index < -0.39 is 0 Å². The van der Waals surface area contributed by atoms with Crippen molar-refractivity contribution in [2.45, 2.75) is 0 Å². The maximum Gasteiger partial charge on any atom is 0.349 e. The Hall–Kier alpha value is -2.47. The number of nitrogens with one attached hydrogen (secondary N) is 1. The van der Waals surface area contributed by atoms with E-state index in [-0.39, 0.29) is 11.2 Å². The lowest BCUT2D eigenvalue weighted by Crippen LogP contribution is -2.17. The molecule has 86 valence electrons. The van der Waals surface area contributed by atoms with E-state index in [0.717, 1.165) is 11.3 Å². The maximum atomic E-state index is 11.4. The number of aromatic nitrogens is 4. The fourth-order valence-corrected chi connectivity index (χ4v) is 1.58. The number of nitrogens with zero attached hydrogens (tertiary/aromatic N) is 3.